The van der Waals surface area contributed by atoms with Crippen LogP contribution in [0.25, 0.3) is 0 Å². The van der Waals surface area contributed by atoms with Crippen molar-refractivity contribution in [2.75, 3.05) is 6.54 Å². The lowest BCUT2D eigenvalue weighted by Gasteiger charge is -2.31. The van der Waals surface area contributed by atoms with Gasteiger partial charge in [-0.1, -0.05) is 26.2 Å². The summed E-state index contributed by atoms with van der Waals surface area (Å²) < 4.78 is 0. The van der Waals surface area contributed by atoms with Crippen molar-refractivity contribution in [3.63, 3.8) is 0 Å². The van der Waals surface area contributed by atoms with Crippen molar-refractivity contribution in [1.82, 2.24) is 5.32 Å². The first-order chi connectivity index (χ1) is 7.74. The highest BCUT2D eigenvalue weighted by Crippen LogP contribution is 2.26. The lowest BCUT2D eigenvalue weighted by Crippen LogP contribution is -2.38. The van der Waals surface area contributed by atoms with Gasteiger partial charge in [0.15, 0.2) is 0 Å². The minimum Gasteiger partial charge on any atom is -0.481 e. The van der Waals surface area contributed by atoms with E-state index >= 15 is 0 Å². The molecular weight excluding hydrogens is 202 g/mol. The molecule has 16 heavy (non-hydrogen) atoms. The quantitative estimate of drug-likeness (QED) is 0.657. The van der Waals surface area contributed by atoms with E-state index in [4.69, 9.17) is 5.11 Å². The maximum Gasteiger partial charge on any atom is 0.303 e. The number of unbranched alkanes of at least 4 members (excludes halogenated alkanes) is 1. The predicted molar refractivity (Wildman–Crippen MR) is 65.5 cm³/mol. The minimum atomic E-state index is -0.677. The molecule has 0 aliphatic heterocycles. The second-order valence-electron chi connectivity index (χ2n) is 4.86. The summed E-state index contributed by atoms with van der Waals surface area (Å²) in [7, 11) is 0. The topological polar surface area (TPSA) is 49.3 Å². The molecule has 3 heteroatoms. The number of carboxylic acid groups (broad SMARTS) is 1. The average Bonchev–Trinajstić information content (AvgIpc) is 2.29. The molecule has 2 atom stereocenters. The van der Waals surface area contributed by atoms with E-state index in [2.05, 4.69) is 12.2 Å². The molecule has 0 saturated heterocycles. The smallest absolute Gasteiger partial charge is 0.303 e. The zero-order chi connectivity index (χ0) is 11.8. The van der Waals surface area contributed by atoms with Gasteiger partial charge < -0.3 is 10.4 Å². The van der Waals surface area contributed by atoms with Crippen LogP contribution in [0.4, 0.5) is 0 Å². The monoisotopic (exact) mass is 227 g/mol. The van der Waals surface area contributed by atoms with E-state index in [0.29, 0.717) is 12.5 Å². The minimum absolute atomic E-state index is 0.309. The van der Waals surface area contributed by atoms with Crippen LogP contribution in [0.5, 0.6) is 0 Å². The highest BCUT2D eigenvalue weighted by molar-refractivity contribution is 5.66. The van der Waals surface area contributed by atoms with Gasteiger partial charge in [-0.25, -0.2) is 0 Å². The van der Waals surface area contributed by atoms with Crippen molar-refractivity contribution >= 4 is 5.97 Å². The Morgan fingerprint density at radius 1 is 1.31 bits per heavy atom. The summed E-state index contributed by atoms with van der Waals surface area (Å²) in [5.41, 5.74) is 0. The Morgan fingerprint density at radius 2 is 2.06 bits per heavy atom. The summed E-state index contributed by atoms with van der Waals surface area (Å²) in [5.74, 6) is 0.164. The second-order valence-corrected chi connectivity index (χ2v) is 4.86. The average molecular weight is 227 g/mol. The third-order valence-corrected chi connectivity index (χ3v) is 3.66. The summed E-state index contributed by atoms with van der Waals surface area (Å²) in [6.45, 7) is 3.25. The van der Waals surface area contributed by atoms with E-state index in [-0.39, 0.29) is 0 Å². The van der Waals surface area contributed by atoms with Crippen LogP contribution in [-0.4, -0.2) is 23.7 Å². The molecule has 1 aliphatic rings. The van der Waals surface area contributed by atoms with Crippen LogP contribution < -0.4 is 5.32 Å². The van der Waals surface area contributed by atoms with E-state index in [1.54, 1.807) is 0 Å². The third-order valence-electron chi connectivity index (χ3n) is 3.66. The Morgan fingerprint density at radius 3 is 2.75 bits per heavy atom. The molecule has 2 unspecified atom stereocenters. The highest BCUT2D eigenvalue weighted by Gasteiger charge is 2.22. The lowest BCUT2D eigenvalue weighted by atomic mass is 9.83. The van der Waals surface area contributed by atoms with Crippen molar-refractivity contribution in [3.05, 3.63) is 0 Å². The fourth-order valence-corrected chi connectivity index (χ4v) is 2.65. The van der Waals surface area contributed by atoms with E-state index in [9.17, 15) is 4.79 Å². The molecule has 1 saturated carbocycles. The van der Waals surface area contributed by atoms with Crippen LogP contribution in [0.1, 0.15) is 58.3 Å². The van der Waals surface area contributed by atoms with Gasteiger partial charge in [0.2, 0.25) is 0 Å². The van der Waals surface area contributed by atoms with Gasteiger partial charge in [0.25, 0.3) is 0 Å². The van der Waals surface area contributed by atoms with Gasteiger partial charge >= 0.3 is 5.97 Å². The van der Waals surface area contributed by atoms with E-state index in [0.717, 1.165) is 25.3 Å². The maximum atomic E-state index is 10.3. The number of carboxylic acids is 1. The fourth-order valence-electron chi connectivity index (χ4n) is 2.65. The molecule has 0 bridgehead atoms. The van der Waals surface area contributed by atoms with Crippen LogP contribution in [0.3, 0.4) is 0 Å². The molecule has 0 aromatic rings. The van der Waals surface area contributed by atoms with Crippen LogP contribution in [0.2, 0.25) is 0 Å². The van der Waals surface area contributed by atoms with Gasteiger partial charge in [-0.15, -0.1) is 0 Å². The summed E-state index contributed by atoms with van der Waals surface area (Å²) >= 11 is 0. The van der Waals surface area contributed by atoms with E-state index < -0.39 is 5.97 Å². The number of hydrogen-bond donors (Lipinski definition) is 2. The Labute approximate surface area is 98.6 Å². The predicted octanol–water partition coefficient (Wildman–Crippen LogP) is 2.80. The van der Waals surface area contributed by atoms with Gasteiger partial charge in [0, 0.05) is 12.5 Å². The first kappa shape index (κ1) is 13.5. The SMILES string of the molecule is CCC1CCCCC1NCCCCC(=O)O. The van der Waals surface area contributed by atoms with Crippen molar-refractivity contribution in [2.24, 2.45) is 5.92 Å². The van der Waals surface area contributed by atoms with Gasteiger partial charge in [-0.05, 0) is 38.1 Å². The molecule has 0 radical (unpaired) electrons. The van der Waals surface area contributed by atoms with Gasteiger partial charge in [-0.2, -0.15) is 0 Å². The Hall–Kier alpha value is -0.570. The normalized spacial score (nSPS) is 25.6. The molecule has 3 nitrogen and oxygen atoms in total. The molecule has 0 heterocycles. The van der Waals surface area contributed by atoms with Gasteiger partial charge in [0.1, 0.15) is 0 Å². The van der Waals surface area contributed by atoms with E-state index in [1.807, 2.05) is 0 Å². The molecule has 0 amide bonds. The number of carbonyl (C=O) groups is 1. The molecule has 0 spiro atoms. The van der Waals surface area contributed by atoms with Gasteiger partial charge in [0.05, 0.1) is 0 Å². The van der Waals surface area contributed by atoms with Gasteiger partial charge in [-0.3, -0.25) is 4.79 Å². The molecule has 1 aliphatic carbocycles. The Balaban J connectivity index is 2.08. The summed E-state index contributed by atoms with van der Waals surface area (Å²) in [6, 6.07) is 0.684. The Kier molecular flexibility index (Phi) is 6.46. The second kappa shape index (κ2) is 7.66. The fraction of sp³-hybridized carbons (Fsp3) is 0.923. The van der Waals surface area contributed by atoms with Crippen LogP contribution in [-0.2, 0) is 4.79 Å². The molecule has 1 fully saturated rings. The van der Waals surface area contributed by atoms with Crippen LogP contribution in [0, 0.1) is 5.92 Å². The molecule has 1 rings (SSSR count). The number of hydrogen-bond acceptors (Lipinski definition) is 2. The summed E-state index contributed by atoms with van der Waals surface area (Å²) in [6.07, 6.45) is 8.77. The molecular formula is C13H25NO2. The standard InChI is InChI=1S/C13H25NO2/c1-2-11-7-3-4-8-12(11)14-10-6-5-9-13(15)16/h11-12,14H,2-10H2,1H3,(H,15,16). The summed E-state index contributed by atoms with van der Waals surface area (Å²) in [5, 5.41) is 12.1. The third kappa shape index (κ3) is 4.97. The van der Waals surface area contributed by atoms with Crippen molar-refractivity contribution in [3.8, 4) is 0 Å². The molecule has 2 N–H and O–H groups in total. The zero-order valence-electron chi connectivity index (χ0n) is 10.4. The molecule has 0 aromatic carbocycles. The summed E-state index contributed by atoms with van der Waals surface area (Å²) in [4.78, 5) is 10.3. The molecule has 94 valence electrons. The largest absolute Gasteiger partial charge is 0.481 e. The van der Waals surface area contributed by atoms with Crippen molar-refractivity contribution in [2.45, 2.75) is 64.3 Å². The van der Waals surface area contributed by atoms with Crippen LogP contribution >= 0.6 is 0 Å². The number of nitrogens with one attached hydrogen (secondary N) is 1. The van der Waals surface area contributed by atoms with Crippen LogP contribution in [0.15, 0.2) is 0 Å². The first-order valence-corrected chi connectivity index (χ1v) is 6.69. The lowest BCUT2D eigenvalue weighted by molar-refractivity contribution is -0.137. The first-order valence-electron chi connectivity index (χ1n) is 6.69. The molecule has 0 aromatic heterocycles. The highest BCUT2D eigenvalue weighted by atomic mass is 16.4. The Bertz CT molecular complexity index is 206. The zero-order valence-corrected chi connectivity index (χ0v) is 10.4. The van der Waals surface area contributed by atoms with Crippen molar-refractivity contribution < 1.29 is 9.90 Å². The number of rotatable bonds is 7. The van der Waals surface area contributed by atoms with Crippen molar-refractivity contribution in [1.29, 1.82) is 0 Å². The van der Waals surface area contributed by atoms with E-state index in [1.165, 1.54) is 32.1 Å². The maximum absolute atomic E-state index is 10.3. The number of aliphatic carboxylic acids is 1.